The van der Waals surface area contributed by atoms with Crippen molar-refractivity contribution in [3.8, 4) is 0 Å². The van der Waals surface area contributed by atoms with Crippen molar-refractivity contribution in [3.63, 3.8) is 0 Å². The summed E-state index contributed by atoms with van der Waals surface area (Å²) < 4.78 is 4.51. The fourth-order valence-electron chi connectivity index (χ4n) is 1.36. The fraction of sp³-hybridized carbons (Fsp3) is 0.500. The van der Waals surface area contributed by atoms with E-state index in [2.05, 4.69) is 20.0 Å². The van der Waals surface area contributed by atoms with Crippen LogP contribution in [0.15, 0.2) is 16.0 Å². The lowest BCUT2D eigenvalue weighted by molar-refractivity contribution is -0.139. The molecule has 0 aliphatic rings. The first kappa shape index (κ1) is 16.2. The molecule has 2 N–H and O–H groups in total. The SMILES string of the molecule is COC(=O)Cc1cc(=O)[nH]c(SCC(=O)NC(C)C)n1. The Labute approximate surface area is 120 Å². The molecule has 0 saturated carbocycles. The number of hydrogen-bond acceptors (Lipinski definition) is 6. The lowest BCUT2D eigenvalue weighted by Crippen LogP contribution is -2.31. The summed E-state index contributed by atoms with van der Waals surface area (Å²) in [6.45, 7) is 3.72. The zero-order valence-electron chi connectivity index (χ0n) is 11.6. The van der Waals surface area contributed by atoms with Crippen molar-refractivity contribution >= 4 is 23.6 Å². The molecule has 0 saturated heterocycles. The molecular weight excluding hydrogens is 282 g/mol. The van der Waals surface area contributed by atoms with E-state index in [9.17, 15) is 14.4 Å². The van der Waals surface area contributed by atoms with Gasteiger partial charge in [-0.15, -0.1) is 0 Å². The molecule has 1 aromatic heterocycles. The molecule has 1 aromatic rings. The molecule has 110 valence electrons. The van der Waals surface area contributed by atoms with Gasteiger partial charge in [-0.3, -0.25) is 14.4 Å². The maximum atomic E-state index is 11.5. The molecule has 7 nitrogen and oxygen atoms in total. The van der Waals surface area contributed by atoms with Gasteiger partial charge < -0.3 is 15.0 Å². The Morgan fingerprint density at radius 3 is 2.80 bits per heavy atom. The second-order valence-corrected chi connectivity index (χ2v) is 5.27. The van der Waals surface area contributed by atoms with Crippen LogP contribution in [0.5, 0.6) is 0 Å². The molecule has 0 aliphatic carbocycles. The second-order valence-electron chi connectivity index (χ2n) is 4.31. The Bertz CT molecular complexity index is 542. The van der Waals surface area contributed by atoms with Gasteiger partial charge in [0.05, 0.1) is 25.0 Å². The average Bonchev–Trinajstić information content (AvgIpc) is 2.34. The first-order chi connectivity index (χ1) is 9.40. The predicted molar refractivity (Wildman–Crippen MR) is 74.6 cm³/mol. The van der Waals surface area contributed by atoms with E-state index in [4.69, 9.17) is 0 Å². The number of esters is 1. The highest BCUT2D eigenvalue weighted by atomic mass is 32.2. The number of rotatable bonds is 6. The van der Waals surface area contributed by atoms with Crippen LogP contribution in [0.25, 0.3) is 0 Å². The highest BCUT2D eigenvalue weighted by Gasteiger charge is 2.09. The van der Waals surface area contributed by atoms with Crippen LogP contribution in [-0.4, -0.2) is 40.7 Å². The van der Waals surface area contributed by atoms with E-state index in [1.807, 2.05) is 13.8 Å². The zero-order valence-corrected chi connectivity index (χ0v) is 12.4. The van der Waals surface area contributed by atoms with Crippen molar-refractivity contribution in [2.45, 2.75) is 31.5 Å². The molecule has 8 heteroatoms. The van der Waals surface area contributed by atoms with Gasteiger partial charge in [-0.2, -0.15) is 0 Å². The Kier molecular flexibility index (Phi) is 6.23. The minimum atomic E-state index is -0.475. The first-order valence-corrected chi connectivity index (χ1v) is 6.98. The highest BCUT2D eigenvalue weighted by Crippen LogP contribution is 2.11. The van der Waals surface area contributed by atoms with Crippen LogP contribution in [0, 0.1) is 0 Å². The molecule has 0 radical (unpaired) electrons. The zero-order chi connectivity index (χ0) is 15.1. The number of carbonyl (C=O) groups excluding carboxylic acids is 2. The summed E-state index contributed by atoms with van der Waals surface area (Å²) in [6.07, 6.45) is -0.0772. The van der Waals surface area contributed by atoms with Crippen molar-refractivity contribution in [1.29, 1.82) is 0 Å². The maximum Gasteiger partial charge on any atom is 0.311 e. The molecule has 1 heterocycles. The van der Waals surface area contributed by atoms with Crippen LogP contribution < -0.4 is 10.9 Å². The third-order valence-electron chi connectivity index (χ3n) is 2.12. The molecule has 0 fully saturated rings. The van der Waals surface area contributed by atoms with Gasteiger partial charge >= 0.3 is 5.97 Å². The van der Waals surface area contributed by atoms with Gasteiger partial charge in [-0.25, -0.2) is 4.98 Å². The summed E-state index contributed by atoms with van der Waals surface area (Å²) in [4.78, 5) is 40.7. The number of nitrogens with one attached hydrogen (secondary N) is 2. The summed E-state index contributed by atoms with van der Waals surface area (Å²) >= 11 is 1.10. The van der Waals surface area contributed by atoms with Crippen LogP contribution in [-0.2, 0) is 20.7 Å². The number of amides is 1. The standard InChI is InChI=1S/C12H17N3O4S/c1-7(2)13-10(17)6-20-12-14-8(4-9(16)15-12)5-11(18)19-3/h4,7H,5-6H2,1-3H3,(H,13,17)(H,14,15,16). The molecule has 1 amide bonds. The van der Waals surface area contributed by atoms with Crippen molar-refractivity contribution in [2.75, 3.05) is 12.9 Å². The van der Waals surface area contributed by atoms with E-state index in [0.29, 0.717) is 10.9 Å². The van der Waals surface area contributed by atoms with Gasteiger partial charge in [0.15, 0.2) is 5.16 Å². The van der Waals surface area contributed by atoms with E-state index in [1.54, 1.807) is 0 Å². The third-order valence-corrected chi connectivity index (χ3v) is 2.99. The van der Waals surface area contributed by atoms with Gasteiger partial charge in [0.2, 0.25) is 5.91 Å². The largest absolute Gasteiger partial charge is 0.469 e. The van der Waals surface area contributed by atoms with E-state index in [0.717, 1.165) is 11.8 Å². The average molecular weight is 299 g/mol. The van der Waals surface area contributed by atoms with Crippen LogP contribution in [0.2, 0.25) is 0 Å². The quantitative estimate of drug-likeness (QED) is 0.439. The summed E-state index contributed by atoms with van der Waals surface area (Å²) in [5.41, 5.74) is -0.0574. The number of thioether (sulfide) groups is 1. The van der Waals surface area contributed by atoms with Gasteiger partial charge in [-0.05, 0) is 13.8 Å². The normalized spacial score (nSPS) is 10.4. The lowest BCUT2D eigenvalue weighted by atomic mass is 10.3. The van der Waals surface area contributed by atoms with Gasteiger partial charge in [0.1, 0.15) is 0 Å². The summed E-state index contributed by atoms with van der Waals surface area (Å²) in [5.74, 6) is -0.481. The molecule has 0 aromatic carbocycles. The van der Waals surface area contributed by atoms with Crippen LogP contribution >= 0.6 is 11.8 Å². The van der Waals surface area contributed by atoms with E-state index < -0.39 is 5.97 Å². The first-order valence-electron chi connectivity index (χ1n) is 6.00. The van der Waals surface area contributed by atoms with Crippen molar-refractivity contribution < 1.29 is 14.3 Å². The molecule has 0 spiro atoms. The maximum absolute atomic E-state index is 11.5. The monoisotopic (exact) mass is 299 g/mol. The van der Waals surface area contributed by atoms with Gasteiger partial charge in [0.25, 0.3) is 5.56 Å². The molecule has 0 atom stereocenters. The predicted octanol–water partition coefficient (Wildman–Crippen LogP) is 0.102. The number of aromatic amines is 1. The Balaban J connectivity index is 2.68. The number of carbonyl (C=O) groups is 2. The van der Waals surface area contributed by atoms with Crippen molar-refractivity contribution in [3.05, 3.63) is 22.1 Å². The third kappa shape index (κ3) is 5.87. The molecular formula is C12H17N3O4S. The molecule has 0 unspecified atom stereocenters. The number of ether oxygens (including phenoxy) is 1. The highest BCUT2D eigenvalue weighted by molar-refractivity contribution is 7.99. The number of hydrogen-bond donors (Lipinski definition) is 2. The number of H-pyrrole nitrogens is 1. The summed E-state index contributed by atoms with van der Waals surface area (Å²) in [5, 5.41) is 3.03. The Morgan fingerprint density at radius 1 is 1.50 bits per heavy atom. The second kappa shape index (κ2) is 7.68. The van der Waals surface area contributed by atoms with E-state index in [-0.39, 0.29) is 29.7 Å². The number of nitrogens with zero attached hydrogens (tertiary/aromatic N) is 1. The Hall–Kier alpha value is -1.83. The van der Waals surface area contributed by atoms with Gasteiger partial charge in [0, 0.05) is 12.1 Å². The molecule has 1 rings (SSSR count). The summed E-state index contributed by atoms with van der Waals surface area (Å²) in [7, 11) is 1.27. The van der Waals surface area contributed by atoms with Crippen molar-refractivity contribution in [1.82, 2.24) is 15.3 Å². The van der Waals surface area contributed by atoms with Crippen LogP contribution in [0.4, 0.5) is 0 Å². The molecule has 0 bridgehead atoms. The minimum Gasteiger partial charge on any atom is -0.469 e. The lowest BCUT2D eigenvalue weighted by Gasteiger charge is -2.07. The van der Waals surface area contributed by atoms with Gasteiger partial charge in [-0.1, -0.05) is 11.8 Å². The summed E-state index contributed by atoms with van der Waals surface area (Å²) in [6, 6.07) is 1.29. The minimum absolute atomic E-state index is 0.0563. The van der Waals surface area contributed by atoms with E-state index in [1.165, 1.54) is 13.2 Å². The van der Waals surface area contributed by atoms with Crippen molar-refractivity contribution in [2.24, 2.45) is 0 Å². The number of aromatic nitrogens is 2. The van der Waals surface area contributed by atoms with Crippen LogP contribution in [0.1, 0.15) is 19.5 Å². The topological polar surface area (TPSA) is 101 Å². The smallest absolute Gasteiger partial charge is 0.311 e. The van der Waals surface area contributed by atoms with E-state index >= 15 is 0 Å². The Morgan fingerprint density at radius 2 is 2.20 bits per heavy atom. The molecule has 20 heavy (non-hydrogen) atoms. The number of methoxy groups -OCH3 is 1. The fourth-order valence-corrected chi connectivity index (χ4v) is 2.07. The van der Waals surface area contributed by atoms with Crippen LogP contribution in [0.3, 0.4) is 0 Å². The molecule has 0 aliphatic heterocycles.